The molecule has 2 aliphatic rings. The fourth-order valence-electron chi connectivity index (χ4n) is 7.76. The van der Waals surface area contributed by atoms with E-state index < -0.39 is 6.10 Å². The van der Waals surface area contributed by atoms with Crippen molar-refractivity contribution < 1.29 is 19.7 Å². The number of phenols is 1. The highest BCUT2D eigenvalue weighted by molar-refractivity contribution is 5.87. The number of aliphatic hydroxyl groups excluding tert-OH is 1. The number of benzene rings is 2. The molecule has 0 amide bonds. The number of nitrogens with one attached hydrogen (secondary N) is 2. The minimum absolute atomic E-state index is 0.00446. The van der Waals surface area contributed by atoms with Gasteiger partial charge in [-0.25, -0.2) is 0 Å². The second-order valence-corrected chi connectivity index (χ2v) is 14.2. The Morgan fingerprint density at radius 2 is 1.58 bits per heavy atom. The first-order valence-electron chi connectivity index (χ1n) is 18.7. The number of carbonyl (C=O) groups is 1. The monoisotopic (exact) mass is 659 g/mol. The molecule has 3 aromatic rings. The molecule has 2 atom stereocenters. The smallest absolute Gasteiger partial charge is 0.313 e. The van der Waals surface area contributed by atoms with Gasteiger partial charge >= 0.3 is 5.97 Å². The third-order valence-electron chi connectivity index (χ3n) is 10.6. The topological polar surface area (TPSA) is 115 Å². The Morgan fingerprint density at radius 3 is 2.33 bits per heavy atom. The van der Waals surface area contributed by atoms with Crippen molar-refractivity contribution in [3.63, 3.8) is 0 Å². The number of esters is 1. The second-order valence-electron chi connectivity index (χ2n) is 14.2. The lowest BCUT2D eigenvalue weighted by Crippen LogP contribution is -2.36. The van der Waals surface area contributed by atoms with Gasteiger partial charge in [-0.3, -0.25) is 9.59 Å². The highest BCUT2D eigenvalue weighted by Crippen LogP contribution is 2.37. The van der Waals surface area contributed by atoms with Crippen LogP contribution in [-0.2, 0) is 9.53 Å². The van der Waals surface area contributed by atoms with Crippen LogP contribution in [0.15, 0.2) is 59.4 Å². The summed E-state index contributed by atoms with van der Waals surface area (Å²) in [6.45, 7) is 5.23. The molecular weight excluding hydrogens is 602 g/mol. The Kier molecular flexibility index (Phi) is 14.4. The highest BCUT2D eigenvalue weighted by atomic mass is 16.5. The van der Waals surface area contributed by atoms with E-state index in [-0.39, 0.29) is 23.2 Å². The normalized spacial score (nSPS) is 17.8. The summed E-state index contributed by atoms with van der Waals surface area (Å²) in [5.41, 5.74) is 1.90. The number of hydrogen-bond donors (Lipinski definition) is 4. The molecule has 5 rings (SSSR count). The van der Waals surface area contributed by atoms with Gasteiger partial charge in [0.25, 0.3) is 0 Å². The Hall–Kier alpha value is -3.20. The molecule has 4 N–H and O–H groups in total. The van der Waals surface area contributed by atoms with Gasteiger partial charge < -0.3 is 30.2 Å². The predicted molar refractivity (Wildman–Crippen MR) is 192 cm³/mol. The maximum atomic E-state index is 13.3. The second kappa shape index (κ2) is 19.1. The van der Waals surface area contributed by atoms with E-state index in [4.69, 9.17) is 4.74 Å². The molecule has 8 heteroatoms. The van der Waals surface area contributed by atoms with Gasteiger partial charge in [0.2, 0.25) is 5.56 Å². The van der Waals surface area contributed by atoms with Crippen molar-refractivity contribution in [2.45, 2.75) is 102 Å². The predicted octanol–water partition coefficient (Wildman–Crippen LogP) is 7.21. The number of carbonyl (C=O) groups excluding carboxylic acids is 1. The molecule has 1 aliphatic heterocycles. The molecular formula is C40H57N3O5. The Morgan fingerprint density at radius 1 is 0.875 bits per heavy atom. The number of ether oxygens (including phenoxy) is 1. The zero-order valence-electron chi connectivity index (χ0n) is 28.7. The maximum Gasteiger partial charge on any atom is 0.313 e. The van der Waals surface area contributed by atoms with Crippen LogP contribution in [-0.4, -0.2) is 65.4 Å². The number of H-pyrrole nitrogens is 1. The summed E-state index contributed by atoms with van der Waals surface area (Å²) in [5.74, 6) is 0.769. The van der Waals surface area contributed by atoms with E-state index in [0.29, 0.717) is 41.5 Å². The van der Waals surface area contributed by atoms with Crippen LogP contribution in [0.2, 0.25) is 0 Å². The number of aromatic hydroxyl groups is 1. The fraction of sp³-hybridized carbons (Fsp3) is 0.600. The Bertz CT molecular complexity index is 1450. The number of pyridine rings is 1. The lowest BCUT2D eigenvalue weighted by atomic mass is 9.77. The van der Waals surface area contributed by atoms with Gasteiger partial charge in [-0.15, -0.1) is 0 Å². The van der Waals surface area contributed by atoms with Gasteiger partial charge in [0.05, 0.1) is 24.1 Å². The van der Waals surface area contributed by atoms with Gasteiger partial charge in [0.15, 0.2) is 0 Å². The van der Waals surface area contributed by atoms with Gasteiger partial charge in [-0.1, -0.05) is 87.8 Å². The van der Waals surface area contributed by atoms with E-state index in [0.717, 1.165) is 57.3 Å². The molecule has 1 aromatic heterocycles. The van der Waals surface area contributed by atoms with Crippen LogP contribution >= 0.6 is 0 Å². The number of phenolic OH excluding ortho intramolecular Hbond substituents is 1. The summed E-state index contributed by atoms with van der Waals surface area (Å²) in [6, 6.07) is 16.6. The molecule has 1 unspecified atom stereocenters. The lowest BCUT2D eigenvalue weighted by molar-refractivity contribution is -0.149. The molecule has 262 valence electrons. The molecule has 0 spiro atoms. The minimum atomic E-state index is -0.717. The number of rotatable bonds is 18. The number of aromatic nitrogens is 1. The van der Waals surface area contributed by atoms with Crippen molar-refractivity contribution in [1.82, 2.24) is 15.2 Å². The van der Waals surface area contributed by atoms with E-state index >= 15 is 0 Å². The van der Waals surface area contributed by atoms with Crippen LogP contribution in [0.25, 0.3) is 10.9 Å². The average molecular weight is 660 g/mol. The van der Waals surface area contributed by atoms with E-state index in [2.05, 4.69) is 27.3 Å². The summed E-state index contributed by atoms with van der Waals surface area (Å²) in [6.07, 6.45) is 16.1. The number of aromatic amines is 1. The standard InChI is InChI=1S/C40H57N3O5/c44-35-20-18-33(34-19-21-37(46)42-39(34)35)36(45)28-41-24-12-4-2-1-3-5-13-25-43-26-22-30(23-27-43)29-48-40(47)38(31-14-8-6-9-15-31)32-16-10-7-11-17-32/h6,8-9,14-15,18-21,30,32,36,38,41,44-45H,1-5,7,10-13,16-17,22-29H2,(H,42,46)/t36-,38?/m0/s1. The lowest BCUT2D eigenvalue weighted by Gasteiger charge is -2.33. The summed E-state index contributed by atoms with van der Waals surface area (Å²) in [7, 11) is 0. The number of aliphatic hydroxyl groups is 1. The van der Waals surface area contributed by atoms with Crippen molar-refractivity contribution in [2.24, 2.45) is 11.8 Å². The molecule has 2 heterocycles. The van der Waals surface area contributed by atoms with Crippen LogP contribution in [0, 0.1) is 11.8 Å². The van der Waals surface area contributed by atoms with Crippen molar-refractivity contribution in [3.05, 3.63) is 76.1 Å². The van der Waals surface area contributed by atoms with Crippen LogP contribution in [0.4, 0.5) is 0 Å². The molecule has 48 heavy (non-hydrogen) atoms. The zero-order chi connectivity index (χ0) is 33.6. The molecule has 0 bridgehead atoms. The van der Waals surface area contributed by atoms with E-state index in [9.17, 15) is 19.8 Å². The van der Waals surface area contributed by atoms with Crippen molar-refractivity contribution >= 4 is 16.9 Å². The first-order valence-corrected chi connectivity index (χ1v) is 18.7. The molecule has 0 radical (unpaired) electrons. The SMILES string of the molecule is O=C(OCC1CCN(CCCCCCCCCNC[C@H](O)c2ccc(O)c3[nH]c(=O)ccc23)CC1)C(c1ccccc1)C1CCCCC1. The number of unbranched alkanes of at least 4 members (excludes halogenated alkanes) is 6. The molecule has 8 nitrogen and oxygen atoms in total. The quantitative estimate of drug-likeness (QED) is 0.0843. The van der Waals surface area contributed by atoms with Gasteiger partial charge in [-0.05, 0) is 99.8 Å². The molecule has 1 aliphatic carbocycles. The number of hydrogen-bond acceptors (Lipinski definition) is 7. The van der Waals surface area contributed by atoms with Crippen LogP contribution in [0.5, 0.6) is 5.75 Å². The first kappa shape index (κ1) is 36.1. The third-order valence-corrected chi connectivity index (χ3v) is 10.6. The summed E-state index contributed by atoms with van der Waals surface area (Å²) < 4.78 is 6.01. The van der Waals surface area contributed by atoms with Crippen molar-refractivity contribution in [1.29, 1.82) is 0 Å². The van der Waals surface area contributed by atoms with Crippen LogP contribution in [0.3, 0.4) is 0 Å². The summed E-state index contributed by atoms with van der Waals surface area (Å²) in [4.78, 5) is 30.2. The fourth-order valence-corrected chi connectivity index (χ4v) is 7.76. The number of nitrogens with zero attached hydrogens (tertiary/aromatic N) is 1. The minimum Gasteiger partial charge on any atom is -0.506 e. The van der Waals surface area contributed by atoms with Crippen molar-refractivity contribution in [3.8, 4) is 5.75 Å². The summed E-state index contributed by atoms with van der Waals surface area (Å²) in [5, 5.41) is 24.8. The maximum absolute atomic E-state index is 13.3. The number of piperidine rings is 1. The van der Waals surface area contributed by atoms with E-state index in [1.807, 2.05) is 18.2 Å². The summed E-state index contributed by atoms with van der Waals surface area (Å²) >= 11 is 0. The van der Waals surface area contributed by atoms with E-state index in [1.54, 1.807) is 12.1 Å². The van der Waals surface area contributed by atoms with Gasteiger partial charge in [0, 0.05) is 18.0 Å². The largest absolute Gasteiger partial charge is 0.506 e. The Labute approximate surface area is 286 Å². The average Bonchev–Trinajstić information content (AvgIpc) is 3.11. The van der Waals surface area contributed by atoms with Crippen molar-refractivity contribution in [2.75, 3.05) is 39.3 Å². The van der Waals surface area contributed by atoms with Gasteiger partial charge in [-0.2, -0.15) is 0 Å². The molecule has 1 saturated heterocycles. The Balaban J connectivity index is 0.874. The third kappa shape index (κ3) is 10.6. The first-order chi connectivity index (χ1) is 23.5. The molecule has 2 fully saturated rings. The number of fused-ring (bicyclic) bond motifs is 1. The van der Waals surface area contributed by atoms with Gasteiger partial charge in [0.1, 0.15) is 5.75 Å². The highest BCUT2D eigenvalue weighted by Gasteiger charge is 2.33. The number of likely N-dealkylation sites (tertiary alicyclic amines) is 1. The van der Waals surface area contributed by atoms with Crippen LogP contribution < -0.4 is 10.9 Å². The van der Waals surface area contributed by atoms with Crippen LogP contribution in [0.1, 0.15) is 113 Å². The molecule has 2 aromatic carbocycles. The van der Waals surface area contributed by atoms with E-state index in [1.165, 1.54) is 76.5 Å². The zero-order valence-corrected chi connectivity index (χ0v) is 28.7. The molecule has 1 saturated carbocycles.